The standard InChI is InChI=1S/C12H12N2O5/c15-7-3-6-13-10-8-4-1-2-5-9(8)19-12(16)11(10)14(17)18/h1-2,4-5,13,15H,3,6-7H2. The third kappa shape index (κ3) is 2.55. The van der Waals surface area contributed by atoms with Crippen molar-refractivity contribution < 1.29 is 14.4 Å². The Morgan fingerprint density at radius 2 is 2.11 bits per heavy atom. The number of rotatable bonds is 5. The van der Waals surface area contributed by atoms with Gasteiger partial charge in [0.25, 0.3) is 0 Å². The van der Waals surface area contributed by atoms with Gasteiger partial charge in [-0.25, -0.2) is 4.79 Å². The minimum Gasteiger partial charge on any atom is -0.418 e. The summed E-state index contributed by atoms with van der Waals surface area (Å²) in [6.45, 7) is 0.283. The van der Waals surface area contributed by atoms with E-state index in [1.165, 1.54) is 0 Å². The lowest BCUT2D eigenvalue weighted by atomic mass is 10.2. The van der Waals surface area contributed by atoms with Crippen LogP contribution in [0, 0.1) is 10.1 Å². The van der Waals surface area contributed by atoms with Crippen molar-refractivity contribution in [1.82, 2.24) is 0 Å². The fraction of sp³-hybridized carbons (Fsp3) is 0.250. The largest absolute Gasteiger partial charge is 0.418 e. The Kier molecular flexibility index (Phi) is 3.76. The average molecular weight is 264 g/mol. The highest BCUT2D eigenvalue weighted by atomic mass is 16.6. The van der Waals surface area contributed by atoms with Crippen LogP contribution in [-0.4, -0.2) is 23.2 Å². The van der Waals surface area contributed by atoms with Crippen LogP contribution in [0.25, 0.3) is 11.0 Å². The van der Waals surface area contributed by atoms with Crippen LogP contribution in [0.4, 0.5) is 11.4 Å². The monoisotopic (exact) mass is 264 g/mol. The van der Waals surface area contributed by atoms with Crippen molar-refractivity contribution in [3.05, 3.63) is 44.8 Å². The van der Waals surface area contributed by atoms with E-state index in [1.54, 1.807) is 24.3 Å². The number of para-hydroxylation sites is 1. The van der Waals surface area contributed by atoms with Crippen LogP contribution in [-0.2, 0) is 0 Å². The van der Waals surface area contributed by atoms with Gasteiger partial charge in [0.2, 0.25) is 0 Å². The fourth-order valence-electron chi connectivity index (χ4n) is 1.78. The molecule has 0 bridgehead atoms. The summed E-state index contributed by atoms with van der Waals surface area (Å²) in [7, 11) is 0. The lowest BCUT2D eigenvalue weighted by molar-refractivity contribution is -0.386. The van der Waals surface area contributed by atoms with Crippen molar-refractivity contribution in [2.45, 2.75) is 6.42 Å². The molecule has 0 radical (unpaired) electrons. The summed E-state index contributed by atoms with van der Waals surface area (Å²) in [6, 6.07) is 6.57. The Bertz CT molecular complexity index is 665. The fourth-order valence-corrected chi connectivity index (χ4v) is 1.78. The summed E-state index contributed by atoms with van der Waals surface area (Å²) >= 11 is 0. The maximum absolute atomic E-state index is 11.6. The smallest absolute Gasteiger partial charge is 0.417 e. The van der Waals surface area contributed by atoms with E-state index in [1.807, 2.05) is 0 Å². The highest BCUT2D eigenvalue weighted by Gasteiger charge is 2.24. The number of benzene rings is 1. The molecule has 1 aromatic heterocycles. The molecule has 0 aliphatic heterocycles. The van der Waals surface area contributed by atoms with Gasteiger partial charge < -0.3 is 14.8 Å². The Morgan fingerprint density at radius 1 is 1.37 bits per heavy atom. The van der Waals surface area contributed by atoms with Gasteiger partial charge in [0, 0.05) is 18.5 Å². The molecule has 0 atom stereocenters. The number of nitrogens with zero attached hydrogens (tertiary/aromatic N) is 1. The van der Waals surface area contributed by atoms with Crippen LogP contribution in [0.5, 0.6) is 0 Å². The van der Waals surface area contributed by atoms with Crippen LogP contribution in [0.1, 0.15) is 6.42 Å². The van der Waals surface area contributed by atoms with Gasteiger partial charge in [-0.15, -0.1) is 0 Å². The van der Waals surface area contributed by atoms with Crippen molar-refractivity contribution >= 4 is 22.3 Å². The quantitative estimate of drug-likeness (QED) is 0.367. The Balaban J connectivity index is 2.62. The second-order valence-electron chi connectivity index (χ2n) is 3.87. The minimum atomic E-state index is -0.991. The molecule has 7 nitrogen and oxygen atoms in total. The van der Waals surface area contributed by atoms with Gasteiger partial charge in [0.15, 0.2) is 0 Å². The van der Waals surface area contributed by atoms with Gasteiger partial charge in [-0.3, -0.25) is 10.1 Å². The molecule has 0 aliphatic rings. The Morgan fingerprint density at radius 3 is 2.79 bits per heavy atom. The number of hydrogen-bond donors (Lipinski definition) is 2. The molecule has 0 spiro atoms. The molecule has 2 aromatic rings. The Hall–Kier alpha value is -2.41. The van der Waals surface area contributed by atoms with Crippen molar-refractivity contribution in [2.24, 2.45) is 0 Å². The number of hydrogen-bond acceptors (Lipinski definition) is 6. The van der Waals surface area contributed by atoms with Gasteiger partial charge in [-0.1, -0.05) is 12.1 Å². The maximum Gasteiger partial charge on any atom is 0.417 e. The van der Waals surface area contributed by atoms with Crippen molar-refractivity contribution in [3.63, 3.8) is 0 Å². The number of anilines is 1. The summed E-state index contributed by atoms with van der Waals surface area (Å²) < 4.78 is 4.91. The molecule has 2 rings (SSSR count). The number of aliphatic hydroxyl groups excluding tert-OH is 1. The van der Waals surface area contributed by atoms with Crippen molar-refractivity contribution in [3.8, 4) is 0 Å². The molecule has 19 heavy (non-hydrogen) atoms. The predicted molar refractivity (Wildman–Crippen MR) is 69.3 cm³/mol. The van der Waals surface area contributed by atoms with E-state index >= 15 is 0 Å². The molecule has 0 aliphatic carbocycles. The highest BCUT2D eigenvalue weighted by Crippen LogP contribution is 2.29. The second-order valence-corrected chi connectivity index (χ2v) is 3.87. The van der Waals surface area contributed by atoms with Gasteiger partial charge in [0.05, 0.1) is 4.92 Å². The van der Waals surface area contributed by atoms with Gasteiger partial charge in [-0.2, -0.15) is 0 Å². The zero-order valence-corrected chi connectivity index (χ0v) is 9.96. The summed E-state index contributed by atoms with van der Waals surface area (Å²) in [5.74, 6) is 0. The van der Waals surface area contributed by atoms with E-state index in [9.17, 15) is 14.9 Å². The van der Waals surface area contributed by atoms with Gasteiger partial charge in [0.1, 0.15) is 11.3 Å². The van der Waals surface area contributed by atoms with Crippen LogP contribution in [0.3, 0.4) is 0 Å². The number of nitrogens with one attached hydrogen (secondary N) is 1. The van der Waals surface area contributed by atoms with Crippen molar-refractivity contribution in [1.29, 1.82) is 0 Å². The summed E-state index contributed by atoms with van der Waals surface area (Å²) in [5.41, 5.74) is -1.19. The van der Waals surface area contributed by atoms with Crippen molar-refractivity contribution in [2.75, 3.05) is 18.5 Å². The molecule has 0 saturated carbocycles. The molecule has 1 heterocycles. The van der Waals surface area contributed by atoms with Gasteiger partial charge in [-0.05, 0) is 18.6 Å². The van der Waals surface area contributed by atoms with E-state index in [0.717, 1.165) is 0 Å². The predicted octanol–water partition coefficient (Wildman–Crippen LogP) is 1.50. The van der Waals surface area contributed by atoms with Crippen LogP contribution in [0.2, 0.25) is 0 Å². The normalized spacial score (nSPS) is 10.6. The first-order valence-electron chi connectivity index (χ1n) is 5.70. The number of aliphatic hydroxyl groups is 1. The zero-order valence-electron chi connectivity index (χ0n) is 9.96. The van der Waals surface area contributed by atoms with E-state index < -0.39 is 16.2 Å². The van der Waals surface area contributed by atoms with Gasteiger partial charge >= 0.3 is 11.3 Å². The van der Waals surface area contributed by atoms with E-state index in [-0.39, 0.29) is 17.9 Å². The molecule has 0 saturated heterocycles. The summed E-state index contributed by atoms with van der Waals surface area (Å²) in [5, 5.41) is 23.0. The zero-order chi connectivity index (χ0) is 13.8. The number of nitro groups is 1. The van der Waals surface area contributed by atoms with Crippen LogP contribution < -0.4 is 10.9 Å². The molecular formula is C12H12N2O5. The highest BCUT2D eigenvalue weighted by molar-refractivity contribution is 5.94. The van der Waals surface area contributed by atoms with Crippen LogP contribution in [0.15, 0.2) is 33.5 Å². The lowest BCUT2D eigenvalue weighted by Gasteiger charge is -2.08. The topological polar surface area (TPSA) is 106 Å². The molecule has 2 N–H and O–H groups in total. The summed E-state index contributed by atoms with van der Waals surface area (Å²) in [4.78, 5) is 21.8. The third-order valence-corrected chi connectivity index (χ3v) is 2.61. The first kappa shape index (κ1) is 13.0. The SMILES string of the molecule is O=c1oc2ccccc2c(NCCCO)c1[N+](=O)[O-]. The first-order valence-corrected chi connectivity index (χ1v) is 5.70. The minimum absolute atomic E-state index is 0.0415. The molecule has 100 valence electrons. The number of fused-ring (bicyclic) bond motifs is 1. The molecule has 0 fully saturated rings. The molecule has 1 aromatic carbocycles. The molecular weight excluding hydrogens is 252 g/mol. The maximum atomic E-state index is 11.6. The Labute approximate surface area is 107 Å². The summed E-state index contributed by atoms with van der Waals surface area (Å²) in [6.07, 6.45) is 0.422. The molecule has 0 unspecified atom stereocenters. The first-order chi connectivity index (χ1) is 9.15. The van der Waals surface area contributed by atoms with E-state index in [0.29, 0.717) is 18.4 Å². The van der Waals surface area contributed by atoms with Crippen LogP contribution >= 0.6 is 0 Å². The lowest BCUT2D eigenvalue weighted by Crippen LogP contribution is -2.13. The average Bonchev–Trinajstić information content (AvgIpc) is 2.38. The molecule has 0 amide bonds. The third-order valence-electron chi connectivity index (χ3n) is 2.61. The van der Waals surface area contributed by atoms with E-state index in [2.05, 4.69) is 5.32 Å². The van der Waals surface area contributed by atoms with E-state index in [4.69, 9.17) is 9.52 Å². The molecule has 7 heteroatoms. The second kappa shape index (κ2) is 5.49.